The van der Waals surface area contributed by atoms with Gasteiger partial charge in [0.15, 0.2) is 0 Å². The Morgan fingerprint density at radius 1 is 1.16 bits per heavy atom. The van der Waals surface area contributed by atoms with Crippen molar-refractivity contribution in [1.82, 2.24) is 14.8 Å². The first kappa shape index (κ1) is 23.3. The smallest absolute Gasteiger partial charge is 0.416 e. The van der Waals surface area contributed by atoms with Crippen LogP contribution in [0.1, 0.15) is 22.5 Å². The van der Waals surface area contributed by atoms with E-state index in [-0.39, 0.29) is 30.5 Å². The number of carbonyl (C=O) groups is 1. The Morgan fingerprint density at radius 3 is 2.66 bits per heavy atom. The van der Waals surface area contributed by atoms with Gasteiger partial charge >= 0.3 is 6.18 Å². The Labute approximate surface area is 183 Å². The zero-order valence-corrected chi connectivity index (χ0v) is 17.9. The van der Waals surface area contributed by atoms with E-state index in [1.807, 2.05) is 0 Å². The second-order valence-electron chi connectivity index (χ2n) is 7.03. The molecule has 0 aliphatic rings. The number of nitrogens with one attached hydrogen (secondary N) is 1. The lowest BCUT2D eigenvalue weighted by molar-refractivity contribution is -0.137. The van der Waals surface area contributed by atoms with Crippen molar-refractivity contribution in [1.29, 1.82) is 0 Å². The second-order valence-corrected chi connectivity index (χ2v) is 7.03. The molecule has 0 saturated carbocycles. The summed E-state index contributed by atoms with van der Waals surface area (Å²) in [5.41, 5.74) is 1.69. The number of aromatic nitrogens is 3. The maximum atomic E-state index is 13.1. The van der Waals surface area contributed by atoms with Crippen LogP contribution >= 0.6 is 0 Å². The van der Waals surface area contributed by atoms with Crippen LogP contribution in [0.25, 0.3) is 5.69 Å². The van der Waals surface area contributed by atoms with Crippen LogP contribution in [0.15, 0.2) is 42.6 Å². The first-order chi connectivity index (χ1) is 15.2. The molecular weight excluding hydrogens is 425 g/mol. The lowest BCUT2D eigenvalue weighted by atomic mass is 10.1. The molecule has 3 rings (SSSR count). The average molecular weight is 448 g/mol. The van der Waals surface area contributed by atoms with Gasteiger partial charge in [0.25, 0.3) is 0 Å². The van der Waals surface area contributed by atoms with Crippen LogP contribution in [-0.4, -0.2) is 41.0 Å². The molecule has 32 heavy (non-hydrogen) atoms. The molecule has 0 aliphatic carbocycles. The van der Waals surface area contributed by atoms with Crippen LogP contribution < -0.4 is 10.1 Å². The highest BCUT2D eigenvalue weighted by Gasteiger charge is 2.30. The topological polar surface area (TPSA) is 78.3 Å². The maximum Gasteiger partial charge on any atom is 0.416 e. The summed E-state index contributed by atoms with van der Waals surface area (Å²) in [4.78, 5) is 16.8. The van der Waals surface area contributed by atoms with E-state index in [4.69, 9.17) is 9.47 Å². The molecule has 0 bridgehead atoms. The highest BCUT2D eigenvalue weighted by atomic mass is 19.4. The summed E-state index contributed by atoms with van der Waals surface area (Å²) in [6, 6.07) is 8.23. The van der Waals surface area contributed by atoms with Crippen LogP contribution in [0.3, 0.4) is 0 Å². The van der Waals surface area contributed by atoms with Gasteiger partial charge in [-0.3, -0.25) is 4.79 Å². The lowest BCUT2D eigenvalue weighted by Gasteiger charge is -2.11. The molecule has 0 atom stereocenters. The number of methoxy groups -OCH3 is 1. The van der Waals surface area contributed by atoms with Gasteiger partial charge in [0, 0.05) is 24.6 Å². The van der Waals surface area contributed by atoms with E-state index in [0.29, 0.717) is 29.2 Å². The third kappa shape index (κ3) is 5.44. The van der Waals surface area contributed by atoms with Crippen molar-refractivity contribution in [2.75, 3.05) is 25.6 Å². The summed E-state index contributed by atoms with van der Waals surface area (Å²) >= 11 is 0. The molecule has 1 amide bonds. The van der Waals surface area contributed by atoms with Crippen molar-refractivity contribution in [3.05, 3.63) is 65.1 Å². The molecule has 0 radical (unpaired) electrons. The highest BCUT2D eigenvalue weighted by Crippen LogP contribution is 2.31. The zero-order valence-electron chi connectivity index (χ0n) is 17.9. The average Bonchev–Trinajstić information content (AvgIpc) is 3.03. The van der Waals surface area contributed by atoms with Gasteiger partial charge in [-0.05, 0) is 44.2 Å². The minimum atomic E-state index is -4.46. The van der Waals surface area contributed by atoms with Crippen LogP contribution in [0.2, 0.25) is 0 Å². The minimum Gasteiger partial charge on any atom is -0.474 e. The molecule has 0 fully saturated rings. The summed E-state index contributed by atoms with van der Waals surface area (Å²) in [6.45, 7) is 4.07. The second kappa shape index (κ2) is 9.82. The van der Waals surface area contributed by atoms with Gasteiger partial charge in [0.05, 0.1) is 30.0 Å². The van der Waals surface area contributed by atoms with Crippen molar-refractivity contribution in [2.45, 2.75) is 26.4 Å². The Morgan fingerprint density at radius 2 is 1.94 bits per heavy atom. The number of aryl methyl sites for hydroxylation is 1. The quantitative estimate of drug-likeness (QED) is 0.525. The third-order valence-corrected chi connectivity index (χ3v) is 4.77. The number of amides is 1. The number of alkyl halides is 3. The van der Waals surface area contributed by atoms with Gasteiger partial charge in [-0.1, -0.05) is 6.07 Å². The fourth-order valence-electron chi connectivity index (χ4n) is 3.17. The van der Waals surface area contributed by atoms with Crippen molar-refractivity contribution in [3.8, 4) is 11.6 Å². The number of nitrogens with zero attached hydrogens (tertiary/aromatic N) is 3. The predicted octanol–water partition coefficient (Wildman–Crippen LogP) is 4.11. The van der Waals surface area contributed by atoms with Crippen molar-refractivity contribution >= 4 is 11.6 Å². The molecule has 0 unspecified atom stereocenters. The number of halogens is 3. The number of carbonyl (C=O) groups excluding carboxylic acids is 1. The van der Waals surface area contributed by atoms with E-state index in [0.717, 1.165) is 12.1 Å². The first-order valence-corrected chi connectivity index (χ1v) is 9.80. The van der Waals surface area contributed by atoms with E-state index in [2.05, 4.69) is 15.4 Å². The van der Waals surface area contributed by atoms with E-state index < -0.39 is 11.7 Å². The molecule has 1 aromatic carbocycles. The Kier molecular flexibility index (Phi) is 7.14. The van der Waals surface area contributed by atoms with Crippen molar-refractivity contribution < 1.29 is 27.4 Å². The molecule has 0 spiro atoms. The van der Waals surface area contributed by atoms with Gasteiger partial charge in [-0.15, -0.1) is 0 Å². The normalized spacial score (nSPS) is 11.4. The van der Waals surface area contributed by atoms with E-state index in [1.165, 1.54) is 16.8 Å². The Bertz CT molecular complexity index is 1100. The monoisotopic (exact) mass is 448 g/mol. The Balaban J connectivity index is 1.79. The number of anilines is 1. The first-order valence-electron chi connectivity index (χ1n) is 9.80. The van der Waals surface area contributed by atoms with Crippen LogP contribution in [-0.2, 0) is 22.1 Å². The molecule has 2 aromatic heterocycles. The van der Waals surface area contributed by atoms with E-state index in [9.17, 15) is 18.0 Å². The third-order valence-electron chi connectivity index (χ3n) is 4.77. The SMILES string of the molecule is COCCOc1ncccc1NC(=O)Cc1c(C)nn(-c2cccc(C(F)(F)F)c2)c1C. The zero-order chi connectivity index (χ0) is 23.3. The number of ether oxygens (including phenoxy) is 2. The van der Waals surface area contributed by atoms with Crippen LogP contribution in [0, 0.1) is 13.8 Å². The number of benzene rings is 1. The number of hydrogen-bond donors (Lipinski definition) is 1. The molecule has 7 nitrogen and oxygen atoms in total. The number of hydrogen-bond acceptors (Lipinski definition) is 5. The predicted molar refractivity (Wildman–Crippen MR) is 112 cm³/mol. The summed E-state index contributed by atoms with van der Waals surface area (Å²) in [5.74, 6) is -0.0598. The minimum absolute atomic E-state index is 0.0109. The molecule has 0 saturated heterocycles. The van der Waals surface area contributed by atoms with Gasteiger partial charge in [-0.25, -0.2) is 9.67 Å². The molecule has 1 N–H and O–H groups in total. The largest absolute Gasteiger partial charge is 0.474 e. The standard InChI is InChI=1S/C22H23F3N4O3/c1-14-18(13-20(30)27-19-8-5-9-26-21(19)32-11-10-31-3)15(2)29(28-14)17-7-4-6-16(12-17)22(23,24)25/h4-9,12H,10-11,13H2,1-3H3,(H,27,30). The molecule has 3 aromatic rings. The molecule has 10 heteroatoms. The van der Waals surface area contributed by atoms with Crippen molar-refractivity contribution in [2.24, 2.45) is 0 Å². The fourth-order valence-corrected chi connectivity index (χ4v) is 3.17. The molecule has 170 valence electrons. The van der Waals surface area contributed by atoms with Gasteiger partial charge in [0.2, 0.25) is 11.8 Å². The van der Waals surface area contributed by atoms with Crippen LogP contribution in [0.5, 0.6) is 5.88 Å². The lowest BCUT2D eigenvalue weighted by Crippen LogP contribution is -2.17. The summed E-state index contributed by atoms with van der Waals surface area (Å²) in [7, 11) is 1.55. The van der Waals surface area contributed by atoms with E-state index >= 15 is 0 Å². The maximum absolute atomic E-state index is 13.1. The van der Waals surface area contributed by atoms with Crippen molar-refractivity contribution in [3.63, 3.8) is 0 Å². The summed E-state index contributed by atoms with van der Waals surface area (Å²) < 4.78 is 51.1. The number of rotatable bonds is 8. The van der Waals surface area contributed by atoms with Gasteiger partial charge in [0.1, 0.15) is 12.3 Å². The summed E-state index contributed by atoms with van der Waals surface area (Å²) in [5, 5.41) is 7.11. The molecule has 0 aliphatic heterocycles. The van der Waals surface area contributed by atoms with Gasteiger partial charge < -0.3 is 14.8 Å². The number of pyridine rings is 1. The van der Waals surface area contributed by atoms with Crippen LogP contribution in [0.4, 0.5) is 18.9 Å². The summed E-state index contributed by atoms with van der Waals surface area (Å²) in [6.07, 6.45) is -2.92. The highest BCUT2D eigenvalue weighted by molar-refractivity contribution is 5.93. The fraction of sp³-hybridized carbons (Fsp3) is 0.318. The Hall–Kier alpha value is -3.40. The van der Waals surface area contributed by atoms with Gasteiger partial charge in [-0.2, -0.15) is 18.3 Å². The molecular formula is C22H23F3N4O3. The molecule has 2 heterocycles. The van der Waals surface area contributed by atoms with E-state index in [1.54, 1.807) is 39.3 Å².